The van der Waals surface area contributed by atoms with Gasteiger partial charge in [0.05, 0.1) is 0 Å². The Balaban J connectivity index is 1.56. The van der Waals surface area contributed by atoms with E-state index < -0.39 is 12.1 Å². The summed E-state index contributed by atoms with van der Waals surface area (Å²) in [5.41, 5.74) is 1.95. The van der Waals surface area contributed by atoms with Crippen molar-refractivity contribution >= 4 is 35.1 Å². The summed E-state index contributed by atoms with van der Waals surface area (Å²) in [6, 6.07) is 5.56. The number of hydrogen-bond acceptors (Lipinski definition) is 3. The number of anilines is 1. The normalized spacial score (nSPS) is 20.1. The van der Waals surface area contributed by atoms with E-state index in [0.717, 1.165) is 24.2 Å². The Morgan fingerprint density at radius 2 is 1.96 bits per heavy atom. The molecule has 1 aliphatic carbocycles. The number of benzene rings is 1. The van der Waals surface area contributed by atoms with Crippen molar-refractivity contribution in [2.75, 3.05) is 18.0 Å². The zero-order valence-corrected chi connectivity index (χ0v) is 16.2. The van der Waals surface area contributed by atoms with Gasteiger partial charge in [0.15, 0.2) is 0 Å². The van der Waals surface area contributed by atoms with E-state index in [4.69, 9.17) is 11.6 Å². The van der Waals surface area contributed by atoms with Crippen LogP contribution in [0.25, 0.3) is 0 Å². The molecule has 0 bridgehead atoms. The van der Waals surface area contributed by atoms with Crippen molar-refractivity contribution in [3.05, 3.63) is 40.9 Å². The zero-order valence-electron chi connectivity index (χ0n) is 15.4. The predicted octanol–water partition coefficient (Wildman–Crippen LogP) is 3.50. The molecule has 1 heterocycles. The lowest BCUT2D eigenvalue weighted by atomic mass is 9.97. The average molecular weight is 390 g/mol. The molecule has 1 saturated heterocycles. The first-order valence-corrected chi connectivity index (χ1v) is 9.70. The molecular weight excluding hydrogens is 366 g/mol. The quantitative estimate of drug-likeness (QED) is 0.598. The molecule has 4 amide bonds. The van der Waals surface area contributed by atoms with Crippen molar-refractivity contribution in [1.82, 2.24) is 10.2 Å². The van der Waals surface area contributed by atoms with Crippen LogP contribution in [0.4, 0.5) is 10.5 Å². The fourth-order valence-corrected chi connectivity index (χ4v) is 3.63. The Labute approximate surface area is 164 Å². The highest BCUT2D eigenvalue weighted by atomic mass is 35.5. The third kappa shape index (κ3) is 4.50. The summed E-state index contributed by atoms with van der Waals surface area (Å²) in [5, 5.41) is 3.36. The largest absolute Gasteiger partial charge is 0.354 e. The number of nitrogens with one attached hydrogen (secondary N) is 1. The molecule has 0 unspecified atom stereocenters. The van der Waals surface area contributed by atoms with Gasteiger partial charge in [-0.15, -0.1) is 0 Å². The van der Waals surface area contributed by atoms with Gasteiger partial charge in [0.25, 0.3) is 5.91 Å². The van der Waals surface area contributed by atoms with Crippen LogP contribution in [0.5, 0.6) is 0 Å². The SMILES string of the molecule is C[C@@H]1C(=O)N(CC(=O)NCCC2=CCCCC2)C(=O)N1c1ccc(Cl)cc1. The lowest BCUT2D eigenvalue weighted by Crippen LogP contribution is -2.41. The molecule has 0 spiro atoms. The second-order valence-corrected chi connectivity index (χ2v) is 7.37. The maximum atomic E-state index is 12.7. The zero-order chi connectivity index (χ0) is 19.4. The van der Waals surface area contributed by atoms with Crippen LogP contribution in [0.15, 0.2) is 35.9 Å². The van der Waals surface area contributed by atoms with Gasteiger partial charge < -0.3 is 5.32 Å². The smallest absolute Gasteiger partial charge is 0.332 e. The Bertz CT molecular complexity index is 760. The van der Waals surface area contributed by atoms with Gasteiger partial charge in [-0.1, -0.05) is 23.3 Å². The van der Waals surface area contributed by atoms with Crippen LogP contribution < -0.4 is 10.2 Å². The third-order valence-electron chi connectivity index (χ3n) is 5.01. The van der Waals surface area contributed by atoms with E-state index in [1.54, 1.807) is 31.2 Å². The van der Waals surface area contributed by atoms with Crippen LogP contribution in [-0.4, -0.2) is 41.9 Å². The molecular formula is C20H24ClN3O3. The first-order valence-electron chi connectivity index (χ1n) is 9.32. The van der Waals surface area contributed by atoms with E-state index in [1.165, 1.54) is 23.3 Å². The van der Waals surface area contributed by atoms with Crippen LogP contribution >= 0.6 is 11.6 Å². The molecule has 2 aliphatic rings. The van der Waals surface area contributed by atoms with Gasteiger partial charge in [0.1, 0.15) is 12.6 Å². The molecule has 6 nitrogen and oxygen atoms in total. The van der Waals surface area contributed by atoms with E-state index in [0.29, 0.717) is 17.3 Å². The second kappa shape index (κ2) is 8.57. The van der Waals surface area contributed by atoms with Crippen molar-refractivity contribution in [2.45, 2.75) is 45.1 Å². The minimum absolute atomic E-state index is 0.259. The maximum absolute atomic E-state index is 12.7. The number of rotatable bonds is 6. The van der Waals surface area contributed by atoms with E-state index in [9.17, 15) is 14.4 Å². The van der Waals surface area contributed by atoms with Crippen LogP contribution in [0.2, 0.25) is 5.02 Å². The van der Waals surface area contributed by atoms with Crippen LogP contribution in [0, 0.1) is 0 Å². The number of halogens is 1. The van der Waals surface area contributed by atoms with E-state index >= 15 is 0 Å². The Kier molecular flexibility index (Phi) is 6.16. The molecule has 1 aromatic rings. The second-order valence-electron chi connectivity index (χ2n) is 6.94. The van der Waals surface area contributed by atoms with Crippen LogP contribution in [0.1, 0.15) is 39.0 Å². The summed E-state index contributed by atoms with van der Waals surface area (Å²) in [6.07, 6.45) is 7.70. The molecule has 1 N–H and O–H groups in total. The predicted molar refractivity (Wildman–Crippen MR) is 105 cm³/mol. The van der Waals surface area contributed by atoms with Gasteiger partial charge in [-0.05, 0) is 63.3 Å². The molecule has 7 heteroatoms. The summed E-state index contributed by atoms with van der Waals surface area (Å²) < 4.78 is 0. The van der Waals surface area contributed by atoms with Crippen molar-refractivity contribution in [3.63, 3.8) is 0 Å². The van der Waals surface area contributed by atoms with Crippen molar-refractivity contribution < 1.29 is 14.4 Å². The molecule has 0 saturated carbocycles. The van der Waals surface area contributed by atoms with Gasteiger partial charge in [-0.3, -0.25) is 19.4 Å². The first kappa shape index (κ1) is 19.4. The summed E-state index contributed by atoms with van der Waals surface area (Å²) in [4.78, 5) is 39.8. The number of hydrogen-bond donors (Lipinski definition) is 1. The number of carbonyl (C=O) groups excluding carboxylic acids is 3. The molecule has 1 aromatic carbocycles. The molecule has 0 aromatic heterocycles. The summed E-state index contributed by atoms with van der Waals surface area (Å²) in [7, 11) is 0. The van der Waals surface area contributed by atoms with Crippen LogP contribution in [0.3, 0.4) is 0 Å². The number of carbonyl (C=O) groups is 3. The van der Waals surface area contributed by atoms with Gasteiger partial charge in [-0.25, -0.2) is 4.79 Å². The van der Waals surface area contributed by atoms with Crippen molar-refractivity contribution in [3.8, 4) is 0 Å². The van der Waals surface area contributed by atoms with Gasteiger partial charge in [-0.2, -0.15) is 0 Å². The molecule has 27 heavy (non-hydrogen) atoms. The molecule has 1 aliphatic heterocycles. The van der Waals surface area contributed by atoms with Crippen molar-refractivity contribution in [2.24, 2.45) is 0 Å². The monoisotopic (exact) mass is 389 g/mol. The van der Waals surface area contributed by atoms with E-state index in [-0.39, 0.29) is 18.4 Å². The standard InChI is InChI=1S/C20H24ClN3O3/c1-14-19(26)23(20(27)24(14)17-9-7-16(21)8-10-17)13-18(25)22-12-11-15-5-3-2-4-6-15/h5,7-10,14H,2-4,6,11-13H2,1H3,(H,22,25)/t14-/m1/s1. The average Bonchev–Trinajstić information content (AvgIpc) is 2.87. The van der Waals surface area contributed by atoms with E-state index in [1.807, 2.05) is 0 Å². The fourth-order valence-electron chi connectivity index (χ4n) is 3.50. The Hall–Kier alpha value is -2.34. The molecule has 3 rings (SSSR count). The van der Waals surface area contributed by atoms with Gasteiger partial charge in [0, 0.05) is 17.3 Å². The first-order chi connectivity index (χ1) is 13.0. The number of imide groups is 1. The molecule has 144 valence electrons. The maximum Gasteiger partial charge on any atom is 0.332 e. The highest BCUT2D eigenvalue weighted by molar-refractivity contribution is 6.30. The number of urea groups is 1. The fraction of sp³-hybridized carbons (Fsp3) is 0.450. The number of allylic oxidation sites excluding steroid dienone is 1. The number of nitrogens with zero attached hydrogens (tertiary/aromatic N) is 2. The molecule has 1 fully saturated rings. The summed E-state index contributed by atoms with van der Waals surface area (Å²) in [6.45, 7) is 1.92. The molecule has 1 atom stereocenters. The summed E-state index contributed by atoms with van der Waals surface area (Å²) in [5.74, 6) is -0.696. The lowest BCUT2D eigenvalue weighted by molar-refractivity contribution is -0.131. The Morgan fingerprint density at radius 1 is 1.22 bits per heavy atom. The highest BCUT2D eigenvalue weighted by Gasteiger charge is 2.43. The summed E-state index contributed by atoms with van der Waals surface area (Å²) >= 11 is 5.88. The molecule has 0 radical (unpaired) electrons. The Morgan fingerprint density at radius 3 is 2.63 bits per heavy atom. The lowest BCUT2D eigenvalue weighted by Gasteiger charge is -2.19. The van der Waals surface area contributed by atoms with Crippen LogP contribution in [-0.2, 0) is 9.59 Å². The van der Waals surface area contributed by atoms with Gasteiger partial charge >= 0.3 is 6.03 Å². The number of amides is 4. The topological polar surface area (TPSA) is 69.7 Å². The highest BCUT2D eigenvalue weighted by Crippen LogP contribution is 2.27. The minimum atomic E-state index is -0.654. The van der Waals surface area contributed by atoms with E-state index in [2.05, 4.69) is 11.4 Å². The van der Waals surface area contributed by atoms with Crippen molar-refractivity contribution in [1.29, 1.82) is 0 Å². The van der Waals surface area contributed by atoms with Gasteiger partial charge in [0.2, 0.25) is 5.91 Å². The minimum Gasteiger partial charge on any atom is -0.354 e. The third-order valence-corrected chi connectivity index (χ3v) is 5.26.